The number of hydrogen-bond donors (Lipinski definition) is 1. The molecule has 0 radical (unpaired) electrons. The average molecular weight is 310 g/mol. The van der Waals surface area contributed by atoms with Crippen molar-refractivity contribution in [3.8, 4) is 0 Å². The lowest BCUT2D eigenvalue weighted by atomic mass is 10.1. The number of likely N-dealkylation sites (N-methyl/N-ethyl adjacent to an activating group) is 1. The van der Waals surface area contributed by atoms with Crippen LogP contribution in [0.1, 0.15) is 19.4 Å². The average Bonchev–Trinajstić information content (AvgIpc) is 2.37. The van der Waals surface area contributed by atoms with Crippen LogP contribution in [-0.2, 0) is 16.2 Å². The number of nitrogens with two attached hydrogens (primary N) is 1. The molecule has 2 N–H and O–H groups in total. The maximum Gasteiger partial charge on any atom is 0.416 e. The fraction of sp³-hybridized carbons (Fsp3) is 0.500. The number of hydrogen-bond acceptors (Lipinski definition) is 3. The van der Waals surface area contributed by atoms with Crippen molar-refractivity contribution in [3.05, 3.63) is 29.8 Å². The first kappa shape index (κ1) is 16.9. The molecule has 0 aromatic heterocycles. The lowest BCUT2D eigenvalue weighted by Crippen LogP contribution is -2.49. The fourth-order valence-electron chi connectivity index (χ4n) is 1.44. The molecule has 0 fully saturated rings. The highest BCUT2D eigenvalue weighted by atomic mass is 32.2. The van der Waals surface area contributed by atoms with E-state index in [2.05, 4.69) is 0 Å². The molecule has 0 aliphatic heterocycles. The molecule has 8 heteroatoms. The van der Waals surface area contributed by atoms with Crippen molar-refractivity contribution in [1.82, 2.24) is 4.31 Å². The molecule has 1 rings (SSSR count). The molecule has 1 aromatic carbocycles. The number of benzene rings is 1. The number of alkyl halides is 3. The van der Waals surface area contributed by atoms with Crippen molar-refractivity contribution in [2.45, 2.75) is 30.5 Å². The zero-order valence-corrected chi connectivity index (χ0v) is 12.2. The molecule has 0 saturated carbocycles. The van der Waals surface area contributed by atoms with Crippen LogP contribution in [0.3, 0.4) is 0 Å². The van der Waals surface area contributed by atoms with Gasteiger partial charge in [0.1, 0.15) is 0 Å². The predicted octanol–water partition coefficient (Wildman–Crippen LogP) is 2.06. The van der Waals surface area contributed by atoms with Gasteiger partial charge in [-0.05, 0) is 32.0 Å². The van der Waals surface area contributed by atoms with Gasteiger partial charge in [0.2, 0.25) is 10.0 Å². The van der Waals surface area contributed by atoms with Crippen LogP contribution in [0.25, 0.3) is 0 Å². The molecule has 0 aliphatic rings. The maximum atomic E-state index is 12.6. The van der Waals surface area contributed by atoms with Gasteiger partial charge in [-0.1, -0.05) is 6.07 Å². The third-order valence-electron chi connectivity index (χ3n) is 3.17. The SMILES string of the molecule is CN(C(C)(C)CN)S(=O)(=O)c1cccc(C(F)(F)F)c1. The van der Waals surface area contributed by atoms with Crippen LogP contribution in [-0.4, -0.2) is 31.9 Å². The lowest BCUT2D eigenvalue weighted by Gasteiger charge is -2.33. The van der Waals surface area contributed by atoms with Crippen molar-refractivity contribution < 1.29 is 21.6 Å². The Morgan fingerprint density at radius 2 is 1.80 bits per heavy atom. The van der Waals surface area contributed by atoms with Gasteiger partial charge in [-0.2, -0.15) is 17.5 Å². The van der Waals surface area contributed by atoms with Gasteiger partial charge in [0.25, 0.3) is 0 Å². The standard InChI is InChI=1S/C12H17F3N2O2S/c1-11(2,8-16)17(3)20(18,19)10-6-4-5-9(7-10)12(13,14)15/h4-7H,8,16H2,1-3H3. The lowest BCUT2D eigenvalue weighted by molar-refractivity contribution is -0.137. The van der Waals surface area contributed by atoms with E-state index in [0.717, 1.165) is 22.5 Å². The number of nitrogens with zero attached hydrogens (tertiary/aromatic N) is 1. The van der Waals surface area contributed by atoms with E-state index in [0.29, 0.717) is 6.07 Å². The van der Waals surface area contributed by atoms with Crippen LogP contribution >= 0.6 is 0 Å². The van der Waals surface area contributed by atoms with E-state index in [9.17, 15) is 21.6 Å². The summed E-state index contributed by atoms with van der Waals surface area (Å²) in [5.41, 5.74) is 3.60. The Labute approximate surface area is 116 Å². The van der Waals surface area contributed by atoms with E-state index >= 15 is 0 Å². The Kier molecular flexibility index (Phi) is 4.52. The van der Waals surface area contributed by atoms with E-state index in [1.807, 2.05) is 0 Å². The molecule has 4 nitrogen and oxygen atoms in total. The second-order valence-electron chi connectivity index (χ2n) is 5.01. The summed E-state index contributed by atoms with van der Waals surface area (Å²) in [6.45, 7) is 3.23. The molecule has 0 saturated heterocycles. The second kappa shape index (κ2) is 5.34. The molecule has 1 aromatic rings. The van der Waals surface area contributed by atoms with Crippen molar-refractivity contribution in [3.63, 3.8) is 0 Å². The molecule has 0 amide bonds. The van der Waals surface area contributed by atoms with Gasteiger partial charge in [0.15, 0.2) is 0 Å². The fourth-order valence-corrected chi connectivity index (χ4v) is 3.01. The van der Waals surface area contributed by atoms with Crippen LogP contribution < -0.4 is 5.73 Å². The largest absolute Gasteiger partial charge is 0.416 e. The first-order chi connectivity index (χ1) is 8.93. The van der Waals surface area contributed by atoms with E-state index < -0.39 is 32.2 Å². The summed E-state index contributed by atoms with van der Waals surface area (Å²) in [7, 11) is -2.74. The summed E-state index contributed by atoms with van der Waals surface area (Å²) in [6.07, 6.45) is -4.59. The molecule has 0 bridgehead atoms. The minimum absolute atomic E-state index is 0.0433. The third-order valence-corrected chi connectivity index (χ3v) is 5.24. The summed E-state index contributed by atoms with van der Waals surface area (Å²) in [5, 5.41) is 0. The summed E-state index contributed by atoms with van der Waals surface area (Å²) in [5.74, 6) is 0. The summed E-state index contributed by atoms with van der Waals surface area (Å²) in [6, 6.07) is 3.65. The summed E-state index contributed by atoms with van der Waals surface area (Å²) >= 11 is 0. The first-order valence-corrected chi connectivity index (χ1v) is 7.23. The summed E-state index contributed by atoms with van der Waals surface area (Å²) in [4.78, 5) is -0.406. The normalized spacial score (nSPS) is 13.8. The van der Waals surface area contributed by atoms with Crippen LogP contribution in [0.5, 0.6) is 0 Å². The molecular formula is C12H17F3N2O2S. The number of rotatable bonds is 4. The van der Waals surface area contributed by atoms with Crippen molar-refractivity contribution in [1.29, 1.82) is 0 Å². The molecule has 20 heavy (non-hydrogen) atoms. The minimum Gasteiger partial charge on any atom is -0.329 e. The Hall–Kier alpha value is -1.12. The molecule has 0 heterocycles. The van der Waals surface area contributed by atoms with Crippen LogP contribution in [0.15, 0.2) is 29.2 Å². The highest BCUT2D eigenvalue weighted by Gasteiger charge is 2.35. The minimum atomic E-state index is -4.59. The van der Waals surface area contributed by atoms with Crippen LogP contribution in [0, 0.1) is 0 Å². The number of halogens is 3. The van der Waals surface area contributed by atoms with Gasteiger partial charge in [-0.3, -0.25) is 0 Å². The second-order valence-corrected chi connectivity index (χ2v) is 6.98. The van der Waals surface area contributed by atoms with Gasteiger partial charge in [0, 0.05) is 19.1 Å². The van der Waals surface area contributed by atoms with Gasteiger partial charge in [-0.15, -0.1) is 0 Å². The van der Waals surface area contributed by atoms with Gasteiger partial charge >= 0.3 is 6.18 Å². The molecule has 0 aliphatic carbocycles. The third kappa shape index (κ3) is 3.31. The van der Waals surface area contributed by atoms with E-state index in [-0.39, 0.29) is 6.54 Å². The Bertz CT molecular complexity index is 583. The predicted molar refractivity (Wildman–Crippen MR) is 69.5 cm³/mol. The zero-order valence-electron chi connectivity index (χ0n) is 11.4. The van der Waals surface area contributed by atoms with Gasteiger partial charge in [-0.25, -0.2) is 8.42 Å². The first-order valence-electron chi connectivity index (χ1n) is 5.79. The summed E-state index contributed by atoms with van der Waals surface area (Å²) < 4.78 is 63.5. The monoisotopic (exact) mass is 310 g/mol. The Balaban J connectivity index is 3.31. The maximum absolute atomic E-state index is 12.6. The van der Waals surface area contributed by atoms with E-state index in [1.54, 1.807) is 13.8 Å². The quantitative estimate of drug-likeness (QED) is 0.926. The Morgan fingerprint density at radius 1 is 1.25 bits per heavy atom. The topological polar surface area (TPSA) is 63.4 Å². The molecule has 0 unspecified atom stereocenters. The van der Waals surface area contributed by atoms with Crippen LogP contribution in [0.2, 0.25) is 0 Å². The van der Waals surface area contributed by atoms with E-state index in [1.165, 1.54) is 7.05 Å². The van der Waals surface area contributed by atoms with Crippen LogP contribution in [0.4, 0.5) is 13.2 Å². The van der Waals surface area contributed by atoms with Gasteiger partial charge < -0.3 is 5.73 Å². The van der Waals surface area contributed by atoms with Crippen molar-refractivity contribution in [2.24, 2.45) is 5.73 Å². The van der Waals surface area contributed by atoms with Crippen molar-refractivity contribution >= 4 is 10.0 Å². The van der Waals surface area contributed by atoms with Crippen molar-refractivity contribution in [2.75, 3.05) is 13.6 Å². The van der Waals surface area contributed by atoms with Gasteiger partial charge in [0.05, 0.1) is 10.5 Å². The zero-order chi connectivity index (χ0) is 15.8. The molecule has 0 spiro atoms. The molecular weight excluding hydrogens is 293 g/mol. The smallest absolute Gasteiger partial charge is 0.329 e. The van der Waals surface area contributed by atoms with E-state index in [4.69, 9.17) is 5.73 Å². The Morgan fingerprint density at radius 3 is 2.25 bits per heavy atom. The highest BCUT2D eigenvalue weighted by Crippen LogP contribution is 2.31. The molecule has 114 valence electrons. The molecule has 0 atom stereocenters. The highest BCUT2D eigenvalue weighted by molar-refractivity contribution is 7.89. The number of sulfonamides is 1.